The third-order valence-corrected chi connectivity index (χ3v) is 7.19. The van der Waals surface area contributed by atoms with Gasteiger partial charge in [-0.25, -0.2) is 0 Å². The third-order valence-electron chi connectivity index (χ3n) is 5.13. The van der Waals surface area contributed by atoms with Gasteiger partial charge in [0.2, 0.25) is 0 Å². The van der Waals surface area contributed by atoms with Gasteiger partial charge in [-0.1, -0.05) is 75.3 Å². The SMILES string of the molecule is CCC1CCC(CNCc2ccc([Si](C)(C)C)cc2)CC1. The van der Waals surface area contributed by atoms with Crippen LogP contribution in [-0.2, 0) is 6.54 Å². The Labute approximate surface area is 132 Å². The van der Waals surface area contributed by atoms with Gasteiger partial charge >= 0.3 is 0 Å². The molecule has 1 nitrogen and oxygen atoms in total. The number of benzene rings is 1. The Bertz CT molecular complexity index is 410. The Balaban J connectivity index is 1.72. The van der Waals surface area contributed by atoms with E-state index < -0.39 is 8.07 Å². The van der Waals surface area contributed by atoms with Gasteiger partial charge in [0.25, 0.3) is 0 Å². The molecule has 0 atom stereocenters. The lowest BCUT2D eigenvalue weighted by molar-refractivity contribution is 0.262. The van der Waals surface area contributed by atoms with Gasteiger partial charge in [0.05, 0.1) is 8.07 Å². The van der Waals surface area contributed by atoms with Crippen LogP contribution in [0, 0.1) is 11.8 Å². The molecule has 1 aliphatic rings. The van der Waals surface area contributed by atoms with E-state index in [0.717, 1.165) is 18.4 Å². The summed E-state index contributed by atoms with van der Waals surface area (Å²) in [4.78, 5) is 0. The van der Waals surface area contributed by atoms with Crippen LogP contribution in [0.2, 0.25) is 19.6 Å². The highest BCUT2D eigenvalue weighted by Crippen LogP contribution is 2.30. The maximum Gasteiger partial charge on any atom is 0.0775 e. The molecule has 2 heteroatoms. The normalized spacial score (nSPS) is 23.2. The first-order chi connectivity index (χ1) is 9.99. The molecule has 21 heavy (non-hydrogen) atoms. The zero-order chi connectivity index (χ0) is 15.3. The zero-order valence-corrected chi connectivity index (χ0v) is 15.4. The van der Waals surface area contributed by atoms with Gasteiger partial charge in [0.15, 0.2) is 0 Å². The van der Waals surface area contributed by atoms with E-state index in [1.54, 1.807) is 5.19 Å². The topological polar surface area (TPSA) is 12.0 Å². The van der Waals surface area contributed by atoms with Crippen LogP contribution in [-0.4, -0.2) is 14.6 Å². The van der Waals surface area contributed by atoms with Crippen molar-refractivity contribution in [3.8, 4) is 0 Å². The molecule has 1 fully saturated rings. The zero-order valence-electron chi connectivity index (χ0n) is 14.4. The van der Waals surface area contributed by atoms with E-state index in [9.17, 15) is 0 Å². The summed E-state index contributed by atoms with van der Waals surface area (Å²) in [6, 6.07) is 9.31. The van der Waals surface area contributed by atoms with E-state index in [4.69, 9.17) is 0 Å². The first kappa shape index (κ1) is 16.8. The molecule has 0 amide bonds. The molecule has 0 unspecified atom stereocenters. The molecule has 0 spiro atoms. The van der Waals surface area contributed by atoms with Crippen molar-refractivity contribution >= 4 is 13.3 Å². The summed E-state index contributed by atoms with van der Waals surface area (Å²) in [5, 5.41) is 5.23. The van der Waals surface area contributed by atoms with Crippen molar-refractivity contribution < 1.29 is 0 Å². The standard InChI is InChI=1S/C19H33NSi/c1-5-16-6-8-17(9-7-16)14-20-15-18-10-12-19(13-11-18)21(2,3)4/h10-13,16-17,20H,5-9,14-15H2,1-4H3. The minimum Gasteiger partial charge on any atom is -0.312 e. The van der Waals surface area contributed by atoms with Crippen molar-refractivity contribution in [3.05, 3.63) is 29.8 Å². The van der Waals surface area contributed by atoms with Crippen LogP contribution in [0.4, 0.5) is 0 Å². The number of rotatable bonds is 6. The van der Waals surface area contributed by atoms with E-state index in [0.29, 0.717) is 0 Å². The summed E-state index contributed by atoms with van der Waals surface area (Å²) in [7, 11) is -1.14. The molecule has 0 radical (unpaired) electrons. The average Bonchev–Trinajstić information content (AvgIpc) is 2.47. The molecular formula is C19H33NSi. The highest BCUT2D eigenvalue weighted by molar-refractivity contribution is 6.88. The van der Waals surface area contributed by atoms with Crippen LogP contribution >= 0.6 is 0 Å². The summed E-state index contributed by atoms with van der Waals surface area (Å²) < 4.78 is 0. The van der Waals surface area contributed by atoms with Gasteiger partial charge in [0.1, 0.15) is 0 Å². The van der Waals surface area contributed by atoms with Crippen molar-refractivity contribution in [1.29, 1.82) is 0 Å². The predicted octanol–water partition coefficient (Wildman–Crippen LogP) is 4.54. The lowest BCUT2D eigenvalue weighted by Gasteiger charge is -2.28. The first-order valence-electron chi connectivity index (χ1n) is 8.79. The van der Waals surface area contributed by atoms with Gasteiger partial charge in [-0.15, -0.1) is 0 Å². The van der Waals surface area contributed by atoms with E-state index in [1.807, 2.05) is 0 Å². The van der Waals surface area contributed by atoms with E-state index in [1.165, 1.54) is 44.2 Å². The second-order valence-electron chi connectivity index (χ2n) is 7.87. The van der Waals surface area contributed by atoms with Gasteiger partial charge in [-0.05, 0) is 36.8 Å². The van der Waals surface area contributed by atoms with E-state index in [-0.39, 0.29) is 0 Å². The van der Waals surface area contributed by atoms with Gasteiger partial charge < -0.3 is 5.32 Å². The largest absolute Gasteiger partial charge is 0.312 e. The molecule has 118 valence electrons. The van der Waals surface area contributed by atoms with Crippen molar-refractivity contribution in [3.63, 3.8) is 0 Å². The fourth-order valence-corrected chi connectivity index (χ4v) is 4.55. The molecule has 1 aliphatic carbocycles. The summed E-state index contributed by atoms with van der Waals surface area (Å²) >= 11 is 0. The Morgan fingerprint density at radius 2 is 1.52 bits per heavy atom. The second-order valence-corrected chi connectivity index (χ2v) is 13.0. The lowest BCUT2D eigenvalue weighted by atomic mass is 9.81. The van der Waals surface area contributed by atoms with Crippen LogP contribution in [0.15, 0.2) is 24.3 Å². The molecule has 1 aromatic rings. The van der Waals surface area contributed by atoms with Crippen molar-refractivity contribution in [1.82, 2.24) is 5.32 Å². The first-order valence-corrected chi connectivity index (χ1v) is 12.3. The molecule has 0 heterocycles. The fraction of sp³-hybridized carbons (Fsp3) is 0.684. The van der Waals surface area contributed by atoms with Crippen LogP contribution in [0.25, 0.3) is 0 Å². The van der Waals surface area contributed by atoms with E-state index >= 15 is 0 Å². The average molecular weight is 304 g/mol. The van der Waals surface area contributed by atoms with Crippen molar-refractivity contribution in [2.45, 2.75) is 65.2 Å². The minimum atomic E-state index is -1.14. The maximum atomic E-state index is 3.67. The molecule has 1 saturated carbocycles. The molecule has 0 bridgehead atoms. The lowest BCUT2D eigenvalue weighted by Crippen LogP contribution is -2.37. The van der Waals surface area contributed by atoms with Gasteiger partial charge in [-0.3, -0.25) is 0 Å². The predicted molar refractivity (Wildman–Crippen MR) is 96.9 cm³/mol. The third kappa shape index (κ3) is 5.26. The van der Waals surface area contributed by atoms with Crippen molar-refractivity contribution in [2.75, 3.05) is 6.54 Å². The fourth-order valence-electron chi connectivity index (χ4n) is 3.39. The summed E-state index contributed by atoms with van der Waals surface area (Å²) in [5.41, 5.74) is 1.43. The smallest absolute Gasteiger partial charge is 0.0775 e. The Kier molecular flexibility index (Phi) is 6.06. The highest BCUT2D eigenvalue weighted by Gasteiger charge is 2.19. The van der Waals surface area contributed by atoms with Crippen LogP contribution in [0.3, 0.4) is 0 Å². The van der Waals surface area contributed by atoms with Crippen molar-refractivity contribution in [2.24, 2.45) is 11.8 Å². The quantitative estimate of drug-likeness (QED) is 0.761. The Hall–Kier alpha value is -0.603. The molecule has 2 rings (SSSR count). The number of hydrogen-bond donors (Lipinski definition) is 1. The molecule has 1 N–H and O–H groups in total. The molecular weight excluding hydrogens is 270 g/mol. The van der Waals surface area contributed by atoms with Crippen LogP contribution in [0.1, 0.15) is 44.6 Å². The molecule has 0 saturated heterocycles. The minimum absolute atomic E-state index is 0.911. The van der Waals surface area contributed by atoms with Gasteiger partial charge in [0, 0.05) is 6.54 Å². The summed E-state index contributed by atoms with van der Waals surface area (Å²) in [5.74, 6) is 1.92. The Morgan fingerprint density at radius 3 is 2.05 bits per heavy atom. The second kappa shape index (κ2) is 7.60. The van der Waals surface area contributed by atoms with Crippen LogP contribution < -0.4 is 10.5 Å². The molecule has 1 aromatic carbocycles. The van der Waals surface area contributed by atoms with Gasteiger partial charge in [-0.2, -0.15) is 0 Å². The summed E-state index contributed by atoms with van der Waals surface area (Å²) in [6.45, 7) is 11.8. The monoisotopic (exact) mass is 303 g/mol. The van der Waals surface area contributed by atoms with E-state index in [2.05, 4.69) is 56.1 Å². The number of nitrogens with one attached hydrogen (secondary N) is 1. The summed E-state index contributed by atoms with van der Waals surface area (Å²) in [6.07, 6.45) is 7.14. The highest BCUT2D eigenvalue weighted by atomic mass is 28.3. The van der Waals surface area contributed by atoms with Crippen LogP contribution in [0.5, 0.6) is 0 Å². The molecule has 0 aromatic heterocycles. The maximum absolute atomic E-state index is 3.67. The Morgan fingerprint density at radius 1 is 0.952 bits per heavy atom. The molecule has 0 aliphatic heterocycles. The number of hydrogen-bond acceptors (Lipinski definition) is 1.